The summed E-state index contributed by atoms with van der Waals surface area (Å²) in [5.74, 6) is 0.658. The van der Waals surface area contributed by atoms with E-state index in [0.717, 1.165) is 19.5 Å². The lowest BCUT2D eigenvalue weighted by Crippen LogP contribution is -2.50. The van der Waals surface area contributed by atoms with E-state index in [0.29, 0.717) is 12.5 Å². The highest BCUT2D eigenvalue weighted by atomic mass is 15.3. The van der Waals surface area contributed by atoms with Crippen molar-refractivity contribution in [1.29, 1.82) is 0 Å². The lowest BCUT2D eigenvalue weighted by Gasteiger charge is -2.29. The molecule has 12 heavy (non-hydrogen) atoms. The van der Waals surface area contributed by atoms with E-state index in [4.69, 9.17) is 11.5 Å². The van der Waals surface area contributed by atoms with Crippen LogP contribution in [-0.4, -0.2) is 36.5 Å². The first kappa shape index (κ1) is 9.32. The van der Waals surface area contributed by atoms with Gasteiger partial charge in [0.25, 0.3) is 0 Å². The molecule has 0 bridgehead atoms. The maximum atomic E-state index is 5.75. The number of guanidine groups is 1. The van der Waals surface area contributed by atoms with Crippen LogP contribution in [0.25, 0.3) is 0 Å². The van der Waals surface area contributed by atoms with E-state index in [1.807, 2.05) is 0 Å². The minimum atomic E-state index is 0.161. The van der Waals surface area contributed by atoms with Gasteiger partial charge in [0, 0.05) is 19.1 Å². The van der Waals surface area contributed by atoms with Crippen molar-refractivity contribution in [3.8, 4) is 0 Å². The van der Waals surface area contributed by atoms with Gasteiger partial charge in [-0.15, -0.1) is 0 Å². The molecule has 0 aromatic carbocycles. The van der Waals surface area contributed by atoms with E-state index in [-0.39, 0.29) is 6.04 Å². The van der Waals surface area contributed by atoms with E-state index >= 15 is 0 Å². The van der Waals surface area contributed by atoms with Gasteiger partial charge in [-0.3, -0.25) is 4.99 Å². The summed E-state index contributed by atoms with van der Waals surface area (Å²) in [6.45, 7) is 4.68. The highest BCUT2D eigenvalue weighted by Gasteiger charge is 2.16. The Labute approximate surface area is 73.6 Å². The van der Waals surface area contributed by atoms with Gasteiger partial charge < -0.3 is 16.4 Å². The van der Waals surface area contributed by atoms with Crippen LogP contribution in [0.1, 0.15) is 19.8 Å². The Morgan fingerprint density at radius 3 is 3.08 bits per heavy atom. The fourth-order valence-electron chi connectivity index (χ4n) is 1.30. The summed E-state index contributed by atoms with van der Waals surface area (Å²) >= 11 is 0. The molecule has 0 aromatic heterocycles. The second-order valence-corrected chi connectivity index (χ2v) is 3.26. The van der Waals surface area contributed by atoms with Crippen molar-refractivity contribution in [3.05, 3.63) is 0 Å². The third-order valence-corrected chi connectivity index (χ3v) is 2.05. The van der Waals surface area contributed by atoms with Gasteiger partial charge in [0.2, 0.25) is 0 Å². The van der Waals surface area contributed by atoms with Gasteiger partial charge in [0.05, 0.1) is 6.54 Å². The van der Waals surface area contributed by atoms with Crippen LogP contribution in [0.5, 0.6) is 0 Å². The molecule has 0 radical (unpaired) electrons. The van der Waals surface area contributed by atoms with Gasteiger partial charge in [-0.25, -0.2) is 0 Å². The molecular weight excluding hydrogens is 152 g/mol. The van der Waals surface area contributed by atoms with E-state index in [1.54, 1.807) is 0 Å². The summed E-state index contributed by atoms with van der Waals surface area (Å²) in [7, 11) is 0. The SMILES string of the molecule is CCCCN1C[C@@H](N)CN=C1N. The maximum absolute atomic E-state index is 5.75. The number of rotatable bonds is 3. The number of unbranched alkanes of at least 4 members (excludes halogenated alkanes) is 1. The van der Waals surface area contributed by atoms with Gasteiger partial charge in [-0.1, -0.05) is 13.3 Å². The van der Waals surface area contributed by atoms with Gasteiger partial charge >= 0.3 is 0 Å². The van der Waals surface area contributed by atoms with Gasteiger partial charge in [-0.2, -0.15) is 0 Å². The van der Waals surface area contributed by atoms with Gasteiger partial charge in [0.15, 0.2) is 5.96 Å². The molecule has 0 aliphatic carbocycles. The van der Waals surface area contributed by atoms with Gasteiger partial charge in [0.1, 0.15) is 0 Å². The molecule has 1 aliphatic heterocycles. The fraction of sp³-hybridized carbons (Fsp3) is 0.875. The van der Waals surface area contributed by atoms with Crippen molar-refractivity contribution in [2.75, 3.05) is 19.6 Å². The van der Waals surface area contributed by atoms with Crippen molar-refractivity contribution >= 4 is 5.96 Å². The molecule has 4 N–H and O–H groups in total. The predicted molar refractivity (Wildman–Crippen MR) is 50.9 cm³/mol. The maximum Gasteiger partial charge on any atom is 0.191 e. The Morgan fingerprint density at radius 2 is 2.42 bits per heavy atom. The Bertz CT molecular complexity index is 166. The van der Waals surface area contributed by atoms with Gasteiger partial charge in [-0.05, 0) is 6.42 Å². The molecule has 0 saturated carbocycles. The number of nitrogens with zero attached hydrogens (tertiary/aromatic N) is 2. The van der Waals surface area contributed by atoms with Crippen molar-refractivity contribution in [2.24, 2.45) is 16.5 Å². The summed E-state index contributed by atoms with van der Waals surface area (Å²) in [6, 6.07) is 0.161. The third kappa shape index (κ3) is 2.37. The number of hydrogen-bond donors (Lipinski definition) is 2. The molecule has 1 aliphatic rings. The van der Waals surface area contributed by atoms with Crippen molar-refractivity contribution < 1.29 is 0 Å². The molecule has 1 atom stereocenters. The normalized spacial score (nSPS) is 24.0. The number of hydrogen-bond acceptors (Lipinski definition) is 4. The molecule has 70 valence electrons. The van der Waals surface area contributed by atoms with Crippen molar-refractivity contribution in [1.82, 2.24) is 4.90 Å². The summed E-state index contributed by atoms with van der Waals surface area (Å²) in [5, 5.41) is 0. The Kier molecular flexibility index (Phi) is 3.34. The van der Waals surface area contributed by atoms with Crippen LogP contribution < -0.4 is 11.5 Å². The van der Waals surface area contributed by atoms with E-state index < -0.39 is 0 Å². The van der Waals surface area contributed by atoms with Crippen LogP contribution in [0.15, 0.2) is 4.99 Å². The average molecular weight is 170 g/mol. The second-order valence-electron chi connectivity index (χ2n) is 3.26. The number of nitrogens with two attached hydrogens (primary N) is 2. The molecule has 0 saturated heterocycles. The van der Waals surface area contributed by atoms with Crippen molar-refractivity contribution in [3.63, 3.8) is 0 Å². The van der Waals surface area contributed by atoms with E-state index in [2.05, 4.69) is 16.8 Å². The second kappa shape index (κ2) is 4.30. The largest absolute Gasteiger partial charge is 0.370 e. The van der Waals surface area contributed by atoms with Crippen LogP contribution in [0, 0.1) is 0 Å². The minimum Gasteiger partial charge on any atom is -0.370 e. The Hall–Kier alpha value is -0.770. The first-order chi connectivity index (χ1) is 5.74. The van der Waals surface area contributed by atoms with Crippen molar-refractivity contribution in [2.45, 2.75) is 25.8 Å². The lowest BCUT2D eigenvalue weighted by molar-refractivity contribution is 0.355. The molecule has 0 amide bonds. The highest BCUT2D eigenvalue weighted by Crippen LogP contribution is 2.01. The van der Waals surface area contributed by atoms with E-state index in [1.165, 1.54) is 6.42 Å². The number of aliphatic imine (C=N–C) groups is 1. The first-order valence-electron chi connectivity index (χ1n) is 4.54. The molecule has 1 heterocycles. The molecule has 1 rings (SSSR count). The summed E-state index contributed by atoms with van der Waals surface area (Å²) < 4.78 is 0. The highest BCUT2D eigenvalue weighted by molar-refractivity contribution is 5.78. The molecule has 0 fully saturated rings. The zero-order chi connectivity index (χ0) is 8.97. The van der Waals surface area contributed by atoms with Crippen LogP contribution in [-0.2, 0) is 0 Å². The monoisotopic (exact) mass is 170 g/mol. The molecule has 4 heteroatoms. The molecule has 4 nitrogen and oxygen atoms in total. The lowest BCUT2D eigenvalue weighted by atomic mass is 10.2. The smallest absolute Gasteiger partial charge is 0.191 e. The quantitative estimate of drug-likeness (QED) is 0.613. The summed E-state index contributed by atoms with van der Waals surface area (Å²) in [5.41, 5.74) is 11.5. The van der Waals surface area contributed by atoms with Crippen LogP contribution >= 0.6 is 0 Å². The first-order valence-corrected chi connectivity index (χ1v) is 4.54. The molecule has 0 unspecified atom stereocenters. The topological polar surface area (TPSA) is 67.6 Å². The fourth-order valence-corrected chi connectivity index (χ4v) is 1.30. The minimum absolute atomic E-state index is 0.161. The van der Waals surface area contributed by atoms with Crippen LogP contribution in [0.2, 0.25) is 0 Å². The Balaban J connectivity index is 2.40. The molecule has 0 spiro atoms. The molecular formula is C8H18N4. The van der Waals surface area contributed by atoms with E-state index in [9.17, 15) is 0 Å². The Morgan fingerprint density at radius 1 is 1.67 bits per heavy atom. The predicted octanol–water partition coefficient (Wildman–Crippen LogP) is -0.256. The third-order valence-electron chi connectivity index (χ3n) is 2.05. The standard InChI is InChI=1S/C8H18N4/c1-2-3-4-12-6-7(9)5-11-8(12)10/h7H,2-6,9H2,1H3,(H2,10,11)/t7-/m0/s1. The summed E-state index contributed by atoms with van der Waals surface area (Å²) in [6.07, 6.45) is 2.34. The van der Waals surface area contributed by atoms with Crippen LogP contribution in [0.4, 0.5) is 0 Å². The molecule has 0 aromatic rings. The zero-order valence-corrected chi connectivity index (χ0v) is 7.66. The van der Waals surface area contributed by atoms with Crippen LogP contribution in [0.3, 0.4) is 0 Å². The zero-order valence-electron chi connectivity index (χ0n) is 7.66. The summed E-state index contributed by atoms with van der Waals surface area (Å²) in [4.78, 5) is 6.21. The average Bonchev–Trinajstić information content (AvgIpc) is 2.07.